The molecule has 1 aliphatic rings. The van der Waals surface area contributed by atoms with Crippen LogP contribution in [0.1, 0.15) is 43.0 Å². The van der Waals surface area contributed by atoms with Gasteiger partial charge in [0.2, 0.25) is 0 Å². The topological polar surface area (TPSA) is 62.3 Å². The molecule has 0 bridgehead atoms. The van der Waals surface area contributed by atoms with Gasteiger partial charge in [-0.1, -0.05) is 18.2 Å². The molecular formula is C24H22FN3O2. The van der Waals surface area contributed by atoms with Crippen molar-refractivity contribution in [3.8, 4) is 0 Å². The lowest BCUT2D eigenvalue weighted by molar-refractivity contribution is 0.0959. The van der Waals surface area contributed by atoms with E-state index in [9.17, 15) is 14.0 Å². The Morgan fingerprint density at radius 2 is 1.97 bits per heavy atom. The lowest BCUT2D eigenvalue weighted by Crippen LogP contribution is -2.39. The summed E-state index contributed by atoms with van der Waals surface area (Å²) in [4.78, 5) is 30.3. The van der Waals surface area contributed by atoms with E-state index in [1.165, 1.54) is 23.2 Å². The summed E-state index contributed by atoms with van der Waals surface area (Å²) >= 11 is 0. The Hall–Kier alpha value is -3.54. The number of hydrogen-bond donors (Lipinski definition) is 1. The molecule has 152 valence electrons. The third kappa shape index (κ3) is 3.68. The van der Waals surface area contributed by atoms with Crippen molar-refractivity contribution < 1.29 is 14.0 Å². The predicted molar refractivity (Wildman–Crippen MR) is 113 cm³/mol. The molecule has 2 heterocycles. The Labute approximate surface area is 174 Å². The van der Waals surface area contributed by atoms with Gasteiger partial charge >= 0.3 is 0 Å². The van der Waals surface area contributed by atoms with Crippen LogP contribution < -0.4 is 10.2 Å². The van der Waals surface area contributed by atoms with Crippen LogP contribution >= 0.6 is 0 Å². The molecule has 0 spiro atoms. The first kappa shape index (κ1) is 19.8. The number of pyridine rings is 1. The Bertz CT molecular complexity index is 1130. The standard InChI is InChI=1S/C24H22FN3O2/c1-15-12-18-9-11-28(22-21(25)4-3-10-27-22)24(30)20(18)14-19(15)13-16-5-7-17(8-6-16)23(29)26-2/h3-8,10,12,14H,9,11,13H2,1-2H3,(H,26,29). The molecular weight excluding hydrogens is 381 g/mol. The molecule has 0 unspecified atom stereocenters. The molecule has 2 aromatic carbocycles. The molecule has 1 aliphatic heterocycles. The minimum absolute atomic E-state index is 0.0695. The molecule has 30 heavy (non-hydrogen) atoms. The monoisotopic (exact) mass is 403 g/mol. The molecule has 1 N–H and O–H groups in total. The minimum atomic E-state index is -0.502. The average Bonchev–Trinajstić information content (AvgIpc) is 2.76. The number of carbonyl (C=O) groups is 2. The van der Waals surface area contributed by atoms with Gasteiger partial charge in [0.1, 0.15) is 0 Å². The van der Waals surface area contributed by atoms with E-state index < -0.39 is 5.82 Å². The molecule has 4 rings (SSSR count). The molecule has 0 aliphatic carbocycles. The van der Waals surface area contributed by atoms with E-state index in [4.69, 9.17) is 0 Å². The van der Waals surface area contributed by atoms with Crippen LogP contribution in [-0.4, -0.2) is 30.4 Å². The van der Waals surface area contributed by atoms with Crippen LogP contribution in [0, 0.1) is 12.7 Å². The van der Waals surface area contributed by atoms with Crippen LogP contribution in [0.2, 0.25) is 0 Å². The second-order valence-corrected chi connectivity index (χ2v) is 7.40. The summed E-state index contributed by atoms with van der Waals surface area (Å²) in [6.07, 6.45) is 2.78. The van der Waals surface area contributed by atoms with Crippen molar-refractivity contribution in [2.75, 3.05) is 18.5 Å². The second-order valence-electron chi connectivity index (χ2n) is 7.40. The van der Waals surface area contributed by atoms with Crippen LogP contribution in [0.3, 0.4) is 0 Å². The zero-order valence-electron chi connectivity index (χ0n) is 16.9. The highest BCUT2D eigenvalue weighted by Crippen LogP contribution is 2.28. The highest BCUT2D eigenvalue weighted by molar-refractivity contribution is 6.08. The van der Waals surface area contributed by atoms with Crippen LogP contribution in [0.15, 0.2) is 54.7 Å². The van der Waals surface area contributed by atoms with E-state index in [1.807, 2.05) is 31.2 Å². The fraction of sp³-hybridized carbons (Fsp3) is 0.208. The van der Waals surface area contributed by atoms with Crippen LogP contribution in [0.5, 0.6) is 0 Å². The molecule has 2 amide bonds. The van der Waals surface area contributed by atoms with E-state index in [0.717, 1.165) is 22.3 Å². The number of carbonyl (C=O) groups excluding carboxylic acids is 2. The molecule has 0 saturated heterocycles. The molecule has 3 aromatic rings. The first-order chi connectivity index (χ1) is 14.5. The number of amides is 2. The van der Waals surface area contributed by atoms with Crippen molar-refractivity contribution in [1.29, 1.82) is 0 Å². The summed E-state index contributed by atoms with van der Waals surface area (Å²) in [5.74, 6) is -0.790. The third-order valence-corrected chi connectivity index (χ3v) is 5.47. The average molecular weight is 403 g/mol. The number of halogens is 1. The first-order valence-electron chi connectivity index (χ1n) is 9.83. The third-order valence-electron chi connectivity index (χ3n) is 5.47. The lowest BCUT2D eigenvalue weighted by atomic mass is 9.91. The van der Waals surface area contributed by atoms with Gasteiger partial charge in [0.05, 0.1) is 0 Å². The number of rotatable bonds is 4. The van der Waals surface area contributed by atoms with Gasteiger partial charge in [-0.25, -0.2) is 9.37 Å². The maximum absolute atomic E-state index is 14.2. The zero-order chi connectivity index (χ0) is 21.3. The van der Waals surface area contributed by atoms with Crippen LogP contribution in [0.4, 0.5) is 10.2 Å². The number of anilines is 1. The SMILES string of the molecule is CNC(=O)c1ccc(Cc2cc3c(cc2C)CCN(c2ncccc2F)C3=O)cc1. The normalized spacial score (nSPS) is 13.2. The minimum Gasteiger partial charge on any atom is -0.355 e. The molecule has 6 heteroatoms. The zero-order valence-corrected chi connectivity index (χ0v) is 16.9. The van der Waals surface area contributed by atoms with E-state index >= 15 is 0 Å². The summed E-state index contributed by atoms with van der Waals surface area (Å²) in [5.41, 5.74) is 5.35. The molecule has 0 saturated carbocycles. The van der Waals surface area contributed by atoms with Gasteiger partial charge in [-0.15, -0.1) is 0 Å². The van der Waals surface area contributed by atoms with Crippen LogP contribution in [-0.2, 0) is 12.8 Å². The Balaban J connectivity index is 1.63. The summed E-state index contributed by atoms with van der Waals surface area (Å²) in [6.45, 7) is 2.43. The van der Waals surface area contributed by atoms with E-state index in [-0.39, 0.29) is 17.6 Å². The van der Waals surface area contributed by atoms with E-state index in [0.29, 0.717) is 30.5 Å². The second kappa shape index (κ2) is 8.06. The maximum Gasteiger partial charge on any atom is 0.259 e. The molecule has 5 nitrogen and oxygen atoms in total. The number of aromatic nitrogens is 1. The van der Waals surface area contributed by atoms with Crippen molar-refractivity contribution in [1.82, 2.24) is 10.3 Å². The predicted octanol–water partition coefficient (Wildman–Crippen LogP) is 3.68. The Kier molecular flexibility index (Phi) is 5.31. The van der Waals surface area contributed by atoms with E-state index in [1.54, 1.807) is 19.2 Å². The number of aryl methyl sites for hydroxylation is 1. The highest BCUT2D eigenvalue weighted by atomic mass is 19.1. The van der Waals surface area contributed by atoms with Gasteiger partial charge in [-0.05, 0) is 72.4 Å². The molecule has 0 radical (unpaired) electrons. The van der Waals surface area contributed by atoms with Gasteiger partial charge < -0.3 is 5.32 Å². The fourth-order valence-corrected chi connectivity index (χ4v) is 3.80. The molecule has 1 aromatic heterocycles. The number of fused-ring (bicyclic) bond motifs is 1. The molecule has 0 fully saturated rings. The fourth-order valence-electron chi connectivity index (χ4n) is 3.80. The number of benzene rings is 2. The van der Waals surface area contributed by atoms with Crippen molar-refractivity contribution >= 4 is 17.6 Å². The van der Waals surface area contributed by atoms with Gasteiger partial charge in [-0.2, -0.15) is 0 Å². The van der Waals surface area contributed by atoms with Crippen molar-refractivity contribution in [3.63, 3.8) is 0 Å². The Morgan fingerprint density at radius 1 is 1.20 bits per heavy atom. The van der Waals surface area contributed by atoms with Crippen molar-refractivity contribution in [3.05, 3.63) is 93.9 Å². The lowest BCUT2D eigenvalue weighted by Gasteiger charge is -2.29. The first-order valence-corrected chi connectivity index (χ1v) is 9.83. The quantitative estimate of drug-likeness (QED) is 0.723. The van der Waals surface area contributed by atoms with E-state index in [2.05, 4.69) is 10.3 Å². The van der Waals surface area contributed by atoms with Crippen LogP contribution in [0.25, 0.3) is 0 Å². The van der Waals surface area contributed by atoms with Gasteiger partial charge in [0.15, 0.2) is 11.6 Å². The summed E-state index contributed by atoms with van der Waals surface area (Å²) in [6, 6.07) is 14.2. The maximum atomic E-state index is 14.2. The van der Waals surface area contributed by atoms with Gasteiger partial charge in [-0.3, -0.25) is 14.5 Å². The van der Waals surface area contributed by atoms with Gasteiger partial charge in [0.25, 0.3) is 11.8 Å². The smallest absolute Gasteiger partial charge is 0.259 e. The number of hydrogen-bond acceptors (Lipinski definition) is 3. The van der Waals surface area contributed by atoms with Crippen molar-refractivity contribution in [2.24, 2.45) is 0 Å². The highest BCUT2D eigenvalue weighted by Gasteiger charge is 2.28. The van der Waals surface area contributed by atoms with Crippen molar-refractivity contribution in [2.45, 2.75) is 19.8 Å². The Morgan fingerprint density at radius 3 is 2.67 bits per heavy atom. The summed E-state index contributed by atoms with van der Waals surface area (Å²) in [5, 5.41) is 2.61. The number of nitrogens with zero attached hydrogens (tertiary/aromatic N) is 2. The largest absolute Gasteiger partial charge is 0.355 e. The van der Waals surface area contributed by atoms with Gasteiger partial charge in [0, 0.05) is 30.9 Å². The summed E-state index contributed by atoms with van der Waals surface area (Å²) in [7, 11) is 1.60. The summed E-state index contributed by atoms with van der Waals surface area (Å²) < 4.78 is 14.2. The molecule has 0 atom stereocenters. The number of nitrogens with one attached hydrogen (secondary N) is 1.